The second-order valence-electron chi connectivity index (χ2n) is 6.11. The van der Waals surface area contributed by atoms with Gasteiger partial charge >= 0.3 is 0 Å². The molecule has 0 aliphatic heterocycles. The van der Waals surface area contributed by atoms with Gasteiger partial charge in [0.15, 0.2) is 0 Å². The van der Waals surface area contributed by atoms with Crippen LogP contribution in [0.2, 0.25) is 0 Å². The molecule has 0 heterocycles. The first-order chi connectivity index (χ1) is 11.2. The number of benzene rings is 1. The molecular formula is C20H35Cl2N3. The highest BCUT2D eigenvalue weighted by Crippen LogP contribution is 2.32. The molecule has 3 nitrogen and oxygen atoms in total. The standard InChI is InChI=1S/C20H33N3.2ClH/c1-5-22(6-2)16-14-20(18-21,15-17-23(7-3)8-4)19-12-10-9-11-13-19;;/h9-13H,5-8,14-17H2,1-4H3;2*1H. The Labute approximate surface area is 167 Å². The smallest absolute Gasteiger partial charge is 0.0846 e. The Morgan fingerprint density at radius 3 is 1.52 bits per heavy atom. The molecule has 0 aromatic heterocycles. The number of nitrogens with zero attached hydrogens (tertiary/aromatic N) is 3. The molecule has 0 saturated carbocycles. The lowest BCUT2D eigenvalue weighted by Gasteiger charge is -2.32. The Morgan fingerprint density at radius 1 is 0.800 bits per heavy atom. The molecule has 1 aromatic rings. The van der Waals surface area contributed by atoms with Gasteiger partial charge in [-0.3, -0.25) is 0 Å². The highest BCUT2D eigenvalue weighted by molar-refractivity contribution is 5.85. The summed E-state index contributed by atoms with van der Waals surface area (Å²) in [5, 5.41) is 10.1. The van der Waals surface area contributed by atoms with Crippen molar-refractivity contribution >= 4 is 24.8 Å². The summed E-state index contributed by atoms with van der Waals surface area (Å²) in [5.74, 6) is 0. The maximum absolute atomic E-state index is 10.1. The van der Waals surface area contributed by atoms with E-state index in [4.69, 9.17) is 0 Å². The van der Waals surface area contributed by atoms with Gasteiger partial charge in [-0.15, -0.1) is 24.8 Å². The van der Waals surface area contributed by atoms with E-state index in [1.165, 1.54) is 5.56 Å². The van der Waals surface area contributed by atoms with Crippen molar-refractivity contribution in [2.75, 3.05) is 39.3 Å². The molecule has 0 radical (unpaired) electrons. The monoisotopic (exact) mass is 387 g/mol. The molecular weight excluding hydrogens is 353 g/mol. The number of halogens is 2. The van der Waals surface area contributed by atoms with E-state index in [1.807, 2.05) is 6.07 Å². The first kappa shape index (κ1) is 26.4. The van der Waals surface area contributed by atoms with Crippen molar-refractivity contribution in [3.63, 3.8) is 0 Å². The highest BCUT2D eigenvalue weighted by atomic mass is 35.5. The minimum absolute atomic E-state index is 0. The zero-order valence-electron chi connectivity index (χ0n) is 16.2. The van der Waals surface area contributed by atoms with Crippen LogP contribution in [-0.2, 0) is 5.41 Å². The van der Waals surface area contributed by atoms with Gasteiger partial charge in [0.25, 0.3) is 0 Å². The third-order valence-corrected chi connectivity index (χ3v) is 5.04. The van der Waals surface area contributed by atoms with E-state index in [2.05, 4.69) is 67.8 Å². The Balaban J connectivity index is 0. The first-order valence-corrected chi connectivity index (χ1v) is 9.07. The minimum Gasteiger partial charge on any atom is -0.304 e. The van der Waals surface area contributed by atoms with Gasteiger partial charge in [0.05, 0.1) is 11.5 Å². The fourth-order valence-electron chi connectivity index (χ4n) is 3.12. The lowest BCUT2D eigenvalue weighted by Crippen LogP contribution is -2.36. The van der Waals surface area contributed by atoms with E-state index in [9.17, 15) is 5.26 Å². The Morgan fingerprint density at radius 2 is 1.20 bits per heavy atom. The maximum Gasteiger partial charge on any atom is 0.0846 e. The van der Waals surface area contributed by atoms with Crippen LogP contribution >= 0.6 is 24.8 Å². The molecule has 0 bridgehead atoms. The summed E-state index contributed by atoms with van der Waals surface area (Å²) >= 11 is 0. The zero-order chi connectivity index (χ0) is 17.1. The molecule has 25 heavy (non-hydrogen) atoms. The van der Waals surface area contributed by atoms with Crippen LogP contribution in [0.5, 0.6) is 0 Å². The minimum atomic E-state index is -0.382. The lowest BCUT2D eigenvalue weighted by atomic mass is 9.76. The molecule has 0 saturated heterocycles. The summed E-state index contributed by atoms with van der Waals surface area (Å²) in [7, 11) is 0. The van der Waals surface area contributed by atoms with Gasteiger partial charge in [-0.2, -0.15) is 5.26 Å². The molecule has 0 unspecified atom stereocenters. The number of hydrogen-bond donors (Lipinski definition) is 0. The molecule has 0 fully saturated rings. The fourth-order valence-corrected chi connectivity index (χ4v) is 3.12. The Kier molecular flexibility index (Phi) is 15.2. The molecule has 144 valence electrons. The summed E-state index contributed by atoms with van der Waals surface area (Å²) < 4.78 is 0. The summed E-state index contributed by atoms with van der Waals surface area (Å²) in [6.07, 6.45) is 1.80. The van der Waals surface area contributed by atoms with Crippen LogP contribution < -0.4 is 0 Å². The highest BCUT2D eigenvalue weighted by Gasteiger charge is 2.32. The maximum atomic E-state index is 10.1. The lowest BCUT2D eigenvalue weighted by molar-refractivity contribution is 0.242. The number of rotatable bonds is 11. The van der Waals surface area contributed by atoms with Crippen LogP contribution in [0.4, 0.5) is 0 Å². The Bertz CT molecular complexity index is 450. The molecule has 1 rings (SSSR count). The second kappa shape index (κ2) is 14.4. The van der Waals surface area contributed by atoms with E-state index in [-0.39, 0.29) is 30.2 Å². The van der Waals surface area contributed by atoms with Crippen molar-refractivity contribution < 1.29 is 0 Å². The average Bonchev–Trinajstić information content (AvgIpc) is 2.62. The predicted octanol–water partition coefficient (Wildman–Crippen LogP) is 4.76. The molecule has 0 N–H and O–H groups in total. The molecule has 0 amide bonds. The quantitative estimate of drug-likeness (QED) is 0.548. The van der Waals surface area contributed by atoms with Crippen LogP contribution in [0.3, 0.4) is 0 Å². The van der Waals surface area contributed by atoms with Gasteiger partial charge in [0.2, 0.25) is 0 Å². The van der Waals surface area contributed by atoms with Crippen molar-refractivity contribution in [2.45, 2.75) is 46.0 Å². The van der Waals surface area contributed by atoms with Gasteiger partial charge in [-0.05, 0) is 57.7 Å². The van der Waals surface area contributed by atoms with E-state index in [1.54, 1.807) is 0 Å². The summed E-state index contributed by atoms with van der Waals surface area (Å²) in [5.41, 5.74) is 0.786. The molecule has 5 heteroatoms. The fraction of sp³-hybridized carbons (Fsp3) is 0.650. The summed E-state index contributed by atoms with van der Waals surface area (Å²) in [6.45, 7) is 14.9. The van der Waals surface area contributed by atoms with Crippen LogP contribution in [0.15, 0.2) is 30.3 Å². The van der Waals surface area contributed by atoms with E-state index in [0.29, 0.717) is 0 Å². The largest absolute Gasteiger partial charge is 0.304 e. The molecule has 1 aromatic carbocycles. The zero-order valence-corrected chi connectivity index (χ0v) is 17.8. The normalized spacial score (nSPS) is 10.9. The van der Waals surface area contributed by atoms with E-state index >= 15 is 0 Å². The van der Waals surface area contributed by atoms with Crippen molar-refractivity contribution in [3.8, 4) is 6.07 Å². The van der Waals surface area contributed by atoms with Crippen LogP contribution in [0.1, 0.15) is 46.1 Å². The third kappa shape index (κ3) is 7.96. The molecule has 0 aliphatic rings. The molecule has 0 spiro atoms. The average molecular weight is 388 g/mol. The topological polar surface area (TPSA) is 30.3 Å². The van der Waals surface area contributed by atoms with Crippen LogP contribution in [-0.4, -0.2) is 49.1 Å². The van der Waals surface area contributed by atoms with Crippen LogP contribution in [0.25, 0.3) is 0 Å². The number of hydrogen-bond acceptors (Lipinski definition) is 3. The van der Waals surface area contributed by atoms with Gasteiger partial charge in [0.1, 0.15) is 0 Å². The second-order valence-corrected chi connectivity index (χ2v) is 6.11. The van der Waals surface area contributed by atoms with E-state index in [0.717, 1.165) is 52.1 Å². The Hall–Kier alpha value is -0.790. The van der Waals surface area contributed by atoms with Crippen molar-refractivity contribution in [2.24, 2.45) is 0 Å². The van der Waals surface area contributed by atoms with Gasteiger partial charge in [-0.1, -0.05) is 58.0 Å². The van der Waals surface area contributed by atoms with E-state index < -0.39 is 0 Å². The van der Waals surface area contributed by atoms with Gasteiger partial charge in [-0.25, -0.2) is 0 Å². The third-order valence-electron chi connectivity index (χ3n) is 5.04. The van der Waals surface area contributed by atoms with Crippen molar-refractivity contribution in [1.29, 1.82) is 5.26 Å². The van der Waals surface area contributed by atoms with Crippen LogP contribution in [0, 0.1) is 11.3 Å². The van der Waals surface area contributed by atoms with Crippen molar-refractivity contribution in [3.05, 3.63) is 35.9 Å². The number of nitriles is 1. The SMILES string of the molecule is CCN(CC)CCC(C#N)(CCN(CC)CC)c1ccccc1.Cl.Cl. The molecule has 0 aliphatic carbocycles. The predicted molar refractivity (Wildman–Crippen MR) is 113 cm³/mol. The summed E-state index contributed by atoms with van der Waals surface area (Å²) in [6, 6.07) is 13.1. The molecule has 0 atom stereocenters. The van der Waals surface area contributed by atoms with Crippen molar-refractivity contribution in [1.82, 2.24) is 9.80 Å². The summed E-state index contributed by atoms with van der Waals surface area (Å²) in [4.78, 5) is 4.82. The first-order valence-electron chi connectivity index (χ1n) is 9.07. The van der Waals surface area contributed by atoms with Gasteiger partial charge < -0.3 is 9.80 Å². The van der Waals surface area contributed by atoms with Gasteiger partial charge in [0, 0.05) is 0 Å².